The minimum atomic E-state index is -3.87. The van der Waals surface area contributed by atoms with Crippen molar-refractivity contribution in [1.29, 1.82) is 0 Å². The van der Waals surface area contributed by atoms with E-state index >= 15 is 0 Å². The molecule has 1 heterocycles. The van der Waals surface area contributed by atoms with Crippen molar-refractivity contribution < 1.29 is 22.7 Å². The summed E-state index contributed by atoms with van der Waals surface area (Å²) in [6.07, 6.45) is 1.18. The Morgan fingerprint density at radius 2 is 1.81 bits per heavy atom. The maximum absolute atomic E-state index is 12.6. The predicted octanol–water partition coefficient (Wildman–Crippen LogP) is 3.39. The van der Waals surface area contributed by atoms with Crippen molar-refractivity contribution in [3.05, 3.63) is 66.5 Å². The molecule has 0 aliphatic carbocycles. The zero-order chi connectivity index (χ0) is 23.1. The number of anilines is 2. The lowest BCUT2D eigenvalue weighted by molar-refractivity contribution is -0.122. The van der Waals surface area contributed by atoms with Crippen molar-refractivity contribution in [3.63, 3.8) is 0 Å². The van der Waals surface area contributed by atoms with Gasteiger partial charge in [-0.15, -0.1) is 0 Å². The van der Waals surface area contributed by atoms with Gasteiger partial charge < -0.3 is 14.8 Å². The first-order valence-corrected chi connectivity index (χ1v) is 11.3. The number of amides is 1. The van der Waals surface area contributed by atoms with E-state index in [9.17, 15) is 13.2 Å². The fraction of sp³-hybridized carbons (Fsp3) is 0.227. The second-order valence-corrected chi connectivity index (χ2v) is 8.52. The molecule has 9 nitrogen and oxygen atoms in total. The third-order valence-electron chi connectivity index (χ3n) is 4.44. The van der Waals surface area contributed by atoms with Gasteiger partial charge in [0.1, 0.15) is 11.5 Å². The lowest BCUT2D eigenvalue weighted by atomic mass is 10.2. The van der Waals surface area contributed by atoms with Crippen molar-refractivity contribution in [2.24, 2.45) is 0 Å². The second kappa shape index (κ2) is 10.1. The van der Waals surface area contributed by atoms with Crippen molar-refractivity contribution in [1.82, 2.24) is 9.97 Å². The van der Waals surface area contributed by atoms with Gasteiger partial charge in [0.15, 0.2) is 6.10 Å². The summed E-state index contributed by atoms with van der Waals surface area (Å²) in [5.74, 6) is 0.775. The van der Waals surface area contributed by atoms with Crippen molar-refractivity contribution in [3.8, 4) is 11.5 Å². The standard InChI is InChI=1S/C22H24N4O5S/c1-4-20(31-18-7-5-6-17(14-18)30-3)21(27)25-16-8-10-19(11-9-16)32(28,29)26-22-23-13-12-15(2)24-22/h5-14,20H,4H2,1-3H3,(H,25,27)(H,23,24,26)/t20-/m0/s1. The normalized spacial score (nSPS) is 12.0. The number of aryl methyl sites for hydroxylation is 1. The van der Waals surface area contributed by atoms with Gasteiger partial charge in [-0.05, 0) is 55.8 Å². The van der Waals surface area contributed by atoms with Gasteiger partial charge in [0, 0.05) is 23.6 Å². The minimum Gasteiger partial charge on any atom is -0.497 e. The number of benzene rings is 2. The number of rotatable bonds is 9. The van der Waals surface area contributed by atoms with Crippen LogP contribution in [0.25, 0.3) is 0 Å². The van der Waals surface area contributed by atoms with Crippen molar-refractivity contribution in [2.75, 3.05) is 17.1 Å². The van der Waals surface area contributed by atoms with E-state index in [4.69, 9.17) is 9.47 Å². The molecule has 2 aromatic carbocycles. The maximum atomic E-state index is 12.6. The smallest absolute Gasteiger partial charge is 0.265 e. The average molecular weight is 457 g/mol. The Bertz CT molecular complexity index is 1180. The van der Waals surface area contributed by atoms with E-state index in [-0.39, 0.29) is 16.8 Å². The highest BCUT2D eigenvalue weighted by molar-refractivity contribution is 7.92. The molecule has 0 saturated carbocycles. The summed E-state index contributed by atoms with van der Waals surface area (Å²) in [4.78, 5) is 20.6. The number of ether oxygens (including phenoxy) is 2. The Balaban J connectivity index is 1.66. The summed E-state index contributed by atoms with van der Waals surface area (Å²) in [7, 11) is -2.32. The summed E-state index contributed by atoms with van der Waals surface area (Å²) < 4.78 is 38.4. The summed E-state index contributed by atoms with van der Waals surface area (Å²) in [6, 6.07) is 14.4. The van der Waals surface area contributed by atoms with Crippen LogP contribution < -0.4 is 19.5 Å². The number of methoxy groups -OCH3 is 1. The summed E-state index contributed by atoms with van der Waals surface area (Å²) in [5, 5.41) is 2.74. The Labute approximate surface area is 186 Å². The molecule has 1 atom stereocenters. The van der Waals surface area contributed by atoms with Crippen LogP contribution in [-0.4, -0.2) is 37.5 Å². The average Bonchev–Trinajstić information content (AvgIpc) is 2.77. The van der Waals surface area contributed by atoms with Crippen LogP contribution in [0.5, 0.6) is 11.5 Å². The second-order valence-electron chi connectivity index (χ2n) is 6.83. The van der Waals surface area contributed by atoms with Crippen LogP contribution >= 0.6 is 0 Å². The molecule has 3 rings (SSSR count). The summed E-state index contributed by atoms with van der Waals surface area (Å²) in [5.41, 5.74) is 1.07. The number of nitrogens with one attached hydrogen (secondary N) is 2. The SMILES string of the molecule is CC[C@H](Oc1cccc(OC)c1)C(=O)Nc1ccc(S(=O)(=O)Nc2nccc(C)n2)cc1. The molecule has 3 aromatic rings. The van der Waals surface area contributed by atoms with Crippen LogP contribution in [-0.2, 0) is 14.8 Å². The van der Waals surface area contributed by atoms with Gasteiger partial charge in [0.25, 0.3) is 15.9 Å². The van der Waals surface area contributed by atoms with Gasteiger partial charge >= 0.3 is 0 Å². The first kappa shape index (κ1) is 23.0. The van der Waals surface area contributed by atoms with Gasteiger partial charge in [-0.1, -0.05) is 13.0 Å². The Morgan fingerprint density at radius 3 is 2.47 bits per heavy atom. The van der Waals surface area contributed by atoms with E-state index in [1.807, 2.05) is 6.92 Å². The van der Waals surface area contributed by atoms with E-state index in [1.165, 1.54) is 30.5 Å². The zero-order valence-corrected chi connectivity index (χ0v) is 18.7. The number of hydrogen-bond acceptors (Lipinski definition) is 7. The highest BCUT2D eigenvalue weighted by atomic mass is 32.2. The topological polar surface area (TPSA) is 120 Å². The molecule has 10 heteroatoms. The number of aromatic nitrogens is 2. The fourth-order valence-electron chi connectivity index (χ4n) is 2.78. The molecule has 0 aliphatic rings. The van der Waals surface area contributed by atoms with Gasteiger partial charge in [-0.3, -0.25) is 4.79 Å². The van der Waals surface area contributed by atoms with E-state index < -0.39 is 16.1 Å². The molecule has 0 bridgehead atoms. The van der Waals surface area contributed by atoms with Crippen molar-refractivity contribution >= 4 is 27.6 Å². The fourth-order valence-corrected chi connectivity index (χ4v) is 3.73. The molecule has 32 heavy (non-hydrogen) atoms. The Kier molecular flexibility index (Phi) is 7.26. The van der Waals surface area contributed by atoms with Crippen LogP contribution in [0.1, 0.15) is 19.0 Å². The molecule has 0 fully saturated rings. The van der Waals surface area contributed by atoms with Gasteiger partial charge in [0.2, 0.25) is 5.95 Å². The van der Waals surface area contributed by atoms with Gasteiger partial charge in [0.05, 0.1) is 12.0 Å². The molecule has 168 valence electrons. The number of nitrogens with zero attached hydrogens (tertiary/aromatic N) is 2. The number of carbonyl (C=O) groups excluding carboxylic acids is 1. The first-order chi connectivity index (χ1) is 15.3. The van der Waals surface area contributed by atoms with Crippen LogP contribution in [0.4, 0.5) is 11.6 Å². The van der Waals surface area contributed by atoms with E-state index in [0.717, 1.165) is 0 Å². The lowest BCUT2D eigenvalue weighted by Gasteiger charge is -2.18. The van der Waals surface area contributed by atoms with Crippen LogP contribution in [0.3, 0.4) is 0 Å². The number of hydrogen-bond donors (Lipinski definition) is 2. The predicted molar refractivity (Wildman–Crippen MR) is 120 cm³/mol. The molecule has 0 saturated heterocycles. The Morgan fingerprint density at radius 1 is 1.09 bits per heavy atom. The third-order valence-corrected chi connectivity index (χ3v) is 5.78. The number of sulfonamides is 1. The molecule has 0 aliphatic heterocycles. The summed E-state index contributed by atoms with van der Waals surface area (Å²) in [6.45, 7) is 3.57. The maximum Gasteiger partial charge on any atom is 0.265 e. The third kappa shape index (κ3) is 5.94. The van der Waals surface area contributed by atoms with Crippen molar-refractivity contribution in [2.45, 2.75) is 31.3 Å². The zero-order valence-electron chi connectivity index (χ0n) is 17.9. The van der Waals surface area contributed by atoms with Crippen LogP contribution in [0, 0.1) is 6.92 Å². The molecule has 0 spiro atoms. The largest absolute Gasteiger partial charge is 0.497 e. The monoisotopic (exact) mass is 456 g/mol. The molecule has 2 N–H and O–H groups in total. The van der Waals surface area contributed by atoms with Gasteiger partial charge in [-0.2, -0.15) is 0 Å². The molecule has 1 amide bonds. The molecular formula is C22H24N4O5S. The highest BCUT2D eigenvalue weighted by Crippen LogP contribution is 2.22. The first-order valence-electron chi connectivity index (χ1n) is 9.85. The quantitative estimate of drug-likeness (QED) is 0.506. The molecule has 1 aromatic heterocycles. The highest BCUT2D eigenvalue weighted by Gasteiger charge is 2.20. The molecule has 0 unspecified atom stereocenters. The number of carbonyl (C=O) groups is 1. The van der Waals surface area contributed by atoms with Crippen LogP contribution in [0.2, 0.25) is 0 Å². The minimum absolute atomic E-state index is 0.0112. The molecular weight excluding hydrogens is 432 g/mol. The van der Waals surface area contributed by atoms with E-state index in [1.54, 1.807) is 44.4 Å². The van der Waals surface area contributed by atoms with E-state index in [0.29, 0.717) is 29.3 Å². The molecule has 0 radical (unpaired) electrons. The lowest BCUT2D eigenvalue weighted by Crippen LogP contribution is -2.32. The van der Waals surface area contributed by atoms with Gasteiger partial charge in [-0.25, -0.2) is 23.1 Å². The van der Waals surface area contributed by atoms with E-state index in [2.05, 4.69) is 20.0 Å². The summed E-state index contributed by atoms with van der Waals surface area (Å²) >= 11 is 0. The van der Waals surface area contributed by atoms with Crippen LogP contribution in [0.15, 0.2) is 65.7 Å². The Hall–Kier alpha value is -3.66.